The zero-order chi connectivity index (χ0) is 24.6. The largest absolute Gasteiger partial charge is 0.496 e. The standard InChI is InChI=1S/C28H32N2O3S/c1-28(2,3)27(32)30-18-23-12-6-8-15-25(23)34-19-20-10-9-13-21(16-20)26(31)29-17-22-11-5-7-14-24(22)33-4/h5-16H,17-19H2,1-4H3,(H,29,31)(H,30,32). The summed E-state index contributed by atoms with van der Waals surface area (Å²) in [4.78, 5) is 26.1. The van der Waals surface area contributed by atoms with Crippen LogP contribution < -0.4 is 15.4 Å². The van der Waals surface area contributed by atoms with Crippen molar-refractivity contribution in [3.05, 3.63) is 95.1 Å². The van der Waals surface area contributed by atoms with E-state index in [0.717, 1.165) is 33.1 Å². The second-order valence-electron chi connectivity index (χ2n) is 9.02. The quantitative estimate of drug-likeness (QED) is 0.396. The van der Waals surface area contributed by atoms with Crippen molar-refractivity contribution in [2.45, 2.75) is 44.5 Å². The number of nitrogens with one attached hydrogen (secondary N) is 2. The lowest BCUT2D eigenvalue weighted by Crippen LogP contribution is -2.34. The van der Waals surface area contributed by atoms with Crippen LogP contribution >= 0.6 is 11.8 Å². The van der Waals surface area contributed by atoms with Crippen LogP contribution in [0.2, 0.25) is 0 Å². The van der Waals surface area contributed by atoms with Gasteiger partial charge in [-0.05, 0) is 35.4 Å². The molecule has 5 nitrogen and oxygen atoms in total. The van der Waals surface area contributed by atoms with Crippen molar-refractivity contribution in [2.24, 2.45) is 5.41 Å². The zero-order valence-electron chi connectivity index (χ0n) is 20.2. The van der Waals surface area contributed by atoms with Gasteiger partial charge in [0.05, 0.1) is 7.11 Å². The van der Waals surface area contributed by atoms with Gasteiger partial charge in [-0.25, -0.2) is 0 Å². The first-order chi connectivity index (χ1) is 16.3. The van der Waals surface area contributed by atoms with Gasteiger partial charge in [-0.2, -0.15) is 0 Å². The monoisotopic (exact) mass is 476 g/mol. The minimum absolute atomic E-state index is 0.0270. The van der Waals surface area contributed by atoms with Crippen molar-refractivity contribution >= 4 is 23.6 Å². The maximum absolute atomic E-state index is 12.7. The highest BCUT2D eigenvalue weighted by atomic mass is 32.2. The molecule has 0 fully saturated rings. The van der Waals surface area contributed by atoms with Gasteiger partial charge >= 0.3 is 0 Å². The minimum atomic E-state index is -0.422. The summed E-state index contributed by atoms with van der Waals surface area (Å²) < 4.78 is 5.36. The molecule has 0 radical (unpaired) electrons. The number of ether oxygens (including phenoxy) is 1. The molecule has 0 heterocycles. The van der Waals surface area contributed by atoms with Crippen molar-refractivity contribution in [3.8, 4) is 5.75 Å². The van der Waals surface area contributed by atoms with Crippen molar-refractivity contribution in [3.63, 3.8) is 0 Å². The van der Waals surface area contributed by atoms with Gasteiger partial charge in [-0.15, -0.1) is 11.8 Å². The number of thioether (sulfide) groups is 1. The summed E-state index contributed by atoms with van der Waals surface area (Å²) in [6.45, 7) is 6.60. The molecule has 6 heteroatoms. The molecule has 2 N–H and O–H groups in total. The molecule has 0 saturated carbocycles. The van der Waals surface area contributed by atoms with Gasteiger partial charge in [0.1, 0.15) is 5.75 Å². The number of hydrogen-bond donors (Lipinski definition) is 2. The Morgan fingerprint density at radius 1 is 0.853 bits per heavy atom. The highest BCUT2D eigenvalue weighted by molar-refractivity contribution is 7.98. The van der Waals surface area contributed by atoms with Crippen LogP contribution in [0.25, 0.3) is 0 Å². The van der Waals surface area contributed by atoms with E-state index in [1.807, 2.05) is 87.5 Å². The lowest BCUT2D eigenvalue weighted by Gasteiger charge is -2.18. The number of benzene rings is 3. The predicted octanol–water partition coefficient (Wildman–Crippen LogP) is 5.58. The summed E-state index contributed by atoms with van der Waals surface area (Å²) in [6.07, 6.45) is 0. The highest BCUT2D eigenvalue weighted by Crippen LogP contribution is 2.27. The third-order valence-corrected chi connectivity index (χ3v) is 6.50. The average molecular weight is 477 g/mol. The van der Waals surface area contributed by atoms with Crippen LogP contribution in [0.5, 0.6) is 5.75 Å². The summed E-state index contributed by atoms with van der Waals surface area (Å²) in [5, 5.41) is 6.00. The van der Waals surface area contributed by atoms with E-state index in [-0.39, 0.29) is 11.8 Å². The van der Waals surface area contributed by atoms with Gasteiger partial charge in [-0.3, -0.25) is 9.59 Å². The molecule has 0 bridgehead atoms. The van der Waals surface area contributed by atoms with Gasteiger partial charge in [0, 0.05) is 40.3 Å². The van der Waals surface area contributed by atoms with Crippen LogP contribution in [0.1, 0.15) is 47.8 Å². The molecule has 0 unspecified atom stereocenters. The Labute approximate surface area is 206 Å². The van der Waals surface area contributed by atoms with E-state index in [1.165, 1.54) is 0 Å². The Balaban J connectivity index is 1.61. The van der Waals surface area contributed by atoms with Gasteiger partial charge in [0.25, 0.3) is 5.91 Å². The fourth-order valence-corrected chi connectivity index (χ4v) is 4.32. The number of rotatable bonds is 9. The number of carbonyl (C=O) groups excluding carboxylic acids is 2. The first-order valence-electron chi connectivity index (χ1n) is 11.3. The molecule has 3 rings (SSSR count). The number of amides is 2. The van der Waals surface area contributed by atoms with Crippen molar-refractivity contribution < 1.29 is 14.3 Å². The lowest BCUT2D eigenvalue weighted by molar-refractivity contribution is -0.128. The molecule has 0 aliphatic heterocycles. The molecule has 0 aliphatic rings. The zero-order valence-corrected chi connectivity index (χ0v) is 21.0. The second kappa shape index (κ2) is 11.7. The first-order valence-corrected chi connectivity index (χ1v) is 12.2. The van der Waals surface area contributed by atoms with Crippen molar-refractivity contribution in [1.29, 1.82) is 0 Å². The summed E-state index contributed by atoms with van der Waals surface area (Å²) in [5.74, 6) is 1.38. The smallest absolute Gasteiger partial charge is 0.251 e. The molecule has 0 atom stereocenters. The first kappa shape index (κ1) is 25.4. The van der Waals surface area contributed by atoms with Gasteiger partial charge in [0.2, 0.25) is 5.91 Å². The van der Waals surface area contributed by atoms with Crippen LogP contribution in [0.3, 0.4) is 0 Å². The Kier molecular flexibility index (Phi) is 8.77. The van der Waals surface area contributed by atoms with Crippen LogP contribution in [0.15, 0.2) is 77.7 Å². The van der Waals surface area contributed by atoms with Crippen LogP contribution in [-0.4, -0.2) is 18.9 Å². The van der Waals surface area contributed by atoms with Gasteiger partial charge < -0.3 is 15.4 Å². The molecule has 0 aliphatic carbocycles. The summed E-state index contributed by atoms with van der Waals surface area (Å²) >= 11 is 1.70. The van der Waals surface area contributed by atoms with E-state index in [1.54, 1.807) is 18.9 Å². The maximum atomic E-state index is 12.7. The molecule has 34 heavy (non-hydrogen) atoms. The molecular formula is C28H32N2O3S. The van der Waals surface area contributed by atoms with E-state index < -0.39 is 5.41 Å². The SMILES string of the molecule is COc1ccccc1CNC(=O)c1cccc(CSc2ccccc2CNC(=O)C(C)(C)C)c1. The van der Waals surface area contributed by atoms with Crippen LogP contribution in [0, 0.1) is 5.41 Å². The maximum Gasteiger partial charge on any atom is 0.251 e. The topological polar surface area (TPSA) is 67.4 Å². The third kappa shape index (κ3) is 7.12. The predicted molar refractivity (Wildman–Crippen MR) is 138 cm³/mol. The molecule has 2 amide bonds. The Morgan fingerprint density at radius 3 is 2.26 bits per heavy atom. The highest BCUT2D eigenvalue weighted by Gasteiger charge is 2.20. The third-order valence-electron chi connectivity index (χ3n) is 5.31. The number of carbonyl (C=O) groups is 2. The Hall–Kier alpha value is -3.25. The fourth-order valence-electron chi connectivity index (χ4n) is 3.32. The van der Waals surface area contributed by atoms with Crippen molar-refractivity contribution in [1.82, 2.24) is 10.6 Å². The van der Waals surface area contributed by atoms with Crippen LogP contribution in [0.4, 0.5) is 0 Å². The summed E-state index contributed by atoms with van der Waals surface area (Å²) in [7, 11) is 1.62. The lowest BCUT2D eigenvalue weighted by atomic mass is 9.95. The van der Waals surface area contributed by atoms with E-state index in [9.17, 15) is 9.59 Å². The number of methoxy groups -OCH3 is 1. The Bertz CT molecular complexity index is 1140. The van der Waals surface area contributed by atoms with E-state index in [0.29, 0.717) is 18.7 Å². The number of hydrogen-bond acceptors (Lipinski definition) is 4. The Morgan fingerprint density at radius 2 is 1.53 bits per heavy atom. The van der Waals surface area contributed by atoms with E-state index in [4.69, 9.17) is 4.74 Å². The normalized spacial score (nSPS) is 11.1. The molecule has 0 spiro atoms. The second-order valence-corrected chi connectivity index (χ2v) is 10.0. The van der Waals surface area contributed by atoms with Gasteiger partial charge in [0.15, 0.2) is 0 Å². The minimum Gasteiger partial charge on any atom is -0.496 e. The molecule has 0 aromatic heterocycles. The summed E-state index contributed by atoms with van der Waals surface area (Å²) in [5.41, 5.74) is 3.27. The molecule has 3 aromatic rings. The molecule has 0 saturated heterocycles. The van der Waals surface area contributed by atoms with Crippen LogP contribution in [-0.2, 0) is 23.6 Å². The number of para-hydroxylation sites is 1. The van der Waals surface area contributed by atoms with E-state index >= 15 is 0 Å². The molecule has 3 aromatic carbocycles. The fraction of sp³-hybridized carbons (Fsp3) is 0.286. The van der Waals surface area contributed by atoms with E-state index in [2.05, 4.69) is 16.7 Å². The van der Waals surface area contributed by atoms with Gasteiger partial charge in [-0.1, -0.05) is 69.3 Å². The molecule has 178 valence electrons. The summed E-state index contributed by atoms with van der Waals surface area (Å²) in [6, 6.07) is 23.4. The molecular weight excluding hydrogens is 444 g/mol. The van der Waals surface area contributed by atoms with Crippen molar-refractivity contribution in [2.75, 3.05) is 7.11 Å². The average Bonchev–Trinajstić information content (AvgIpc) is 2.84.